The van der Waals surface area contributed by atoms with Crippen molar-refractivity contribution in [3.05, 3.63) is 87.1 Å². The summed E-state index contributed by atoms with van der Waals surface area (Å²) < 4.78 is 7.59. The number of para-hydroxylation sites is 1. The van der Waals surface area contributed by atoms with Crippen molar-refractivity contribution < 1.29 is 4.74 Å². The fraction of sp³-hybridized carbons (Fsp3) is 0.111. The van der Waals surface area contributed by atoms with Gasteiger partial charge in [0.15, 0.2) is 0 Å². The number of rotatable bonds is 4. The smallest absolute Gasteiger partial charge is 0.337 e. The number of ether oxygens (including phenoxy) is 1. The third-order valence-electron chi connectivity index (χ3n) is 3.73. The van der Waals surface area contributed by atoms with Gasteiger partial charge in [-0.15, -0.1) is 0 Å². The molecular formula is C18H17N3O3. The maximum Gasteiger partial charge on any atom is 0.337 e. The molecule has 3 rings (SSSR count). The minimum absolute atomic E-state index is 0.113. The lowest BCUT2D eigenvalue weighted by atomic mass is 10.2. The van der Waals surface area contributed by atoms with Crippen molar-refractivity contribution in [3.8, 4) is 11.4 Å². The molecule has 0 unspecified atom stereocenters. The number of nitrogens with zero attached hydrogens (tertiary/aromatic N) is 2. The summed E-state index contributed by atoms with van der Waals surface area (Å²) in [6.45, 7) is 0.161. The van der Waals surface area contributed by atoms with Crippen molar-refractivity contribution in [1.29, 1.82) is 0 Å². The summed E-state index contributed by atoms with van der Waals surface area (Å²) in [7, 11) is 1.58. The number of nitrogen functional groups attached to an aromatic ring is 1. The molecule has 0 amide bonds. The Labute approximate surface area is 138 Å². The molecule has 0 bridgehead atoms. The van der Waals surface area contributed by atoms with Gasteiger partial charge in [-0.1, -0.05) is 30.3 Å². The van der Waals surface area contributed by atoms with E-state index in [2.05, 4.69) is 0 Å². The van der Waals surface area contributed by atoms with E-state index in [1.807, 2.05) is 18.2 Å². The molecule has 0 radical (unpaired) electrons. The van der Waals surface area contributed by atoms with E-state index in [4.69, 9.17) is 10.5 Å². The van der Waals surface area contributed by atoms with E-state index in [0.29, 0.717) is 11.4 Å². The van der Waals surface area contributed by atoms with Gasteiger partial charge in [0.2, 0.25) is 0 Å². The van der Waals surface area contributed by atoms with Gasteiger partial charge < -0.3 is 10.5 Å². The number of aromatic nitrogens is 2. The van der Waals surface area contributed by atoms with E-state index in [9.17, 15) is 9.59 Å². The second kappa shape index (κ2) is 6.45. The summed E-state index contributed by atoms with van der Waals surface area (Å²) in [5, 5.41) is 0. The second-order valence-corrected chi connectivity index (χ2v) is 5.30. The lowest BCUT2D eigenvalue weighted by Crippen LogP contribution is -2.40. The fourth-order valence-corrected chi connectivity index (χ4v) is 2.49. The maximum absolute atomic E-state index is 12.8. The average molecular weight is 323 g/mol. The summed E-state index contributed by atoms with van der Waals surface area (Å²) in [6, 6.07) is 17.4. The van der Waals surface area contributed by atoms with Crippen LogP contribution >= 0.6 is 0 Å². The van der Waals surface area contributed by atoms with Crippen LogP contribution in [-0.2, 0) is 6.54 Å². The van der Waals surface area contributed by atoms with Crippen LogP contribution in [0.2, 0.25) is 0 Å². The third kappa shape index (κ3) is 2.94. The molecule has 0 aliphatic carbocycles. The van der Waals surface area contributed by atoms with Crippen LogP contribution in [0.5, 0.6) is 5.75 Å². The predicted octanol–water partition coefficient (Wildman–Crippen LogP) is 1.64. The van der Waals surface area contributed by atoms with E-state index in [1.54, 1.807) is 43.5 Å². The highest BCUT2D eigenvalue weighted by atomic mass is 16.5. The van der Waals surface area contributed by atoms with Gasteiger partial charge >= 0.3 is 5.69 Å². The SMILES string of the molecule is COc1ccc(Cn2c(=O)cc(N)n(-c3ccccc3)c2=O)cc1. The van der Waals surface area contributed by atoms with Crippen LogP contribution < -0.4 is 21.7 Å². The van der Waals surface area contributed by atoms with Gasteiger partial charge in [0.05, 0.1) is 19.3 Å². The molecule has 2 N–H and O–H groups in total. The first-order chi connectivity index (χ1) is 11.6. The zero-order chi connectivity index (χ0) is 17.1. The number of hydrogen-bond donors (Lipinski definition) is 1. The number of benzene rings is 2. The molecule has 0 aliphatic heterocycles. The predicted molar refractivity (Wildman–Crippen MR) is 92.8 cm³/mol. The molecule has 0 saturated carbocycles. The van der Waals surface area contributed by atoms with Gasteiger partial charge in [-0.05, 0) is 29.8 Å². The van der Waals surface area contributed by atoms with Crippen LogP contribution in [0.1, 0.15) is 5.56 Å². The zero-order valence-corrected chi connectivity index (χ0v) is 13.2. The highest BCUT2D eigenvalue weighted by molar-refractivity contribution is 5.41. The van der Waals surface area contributed by atoms with Crippen molar-refractivity contribution in [2.75, 3.05) is 12.8 Å². The van der Waals surface area contributed by atoms with Crippen molar-refractivity contribution in [2.24, 2.45) is 0 Å². The molecule has 1 aromatic heterocycles. The van der Waals surface area contributed by atoms with E-state index < -0.39 is 11.2 Å². The van der Waals surface area contributed by atoms with E-state index in [1.165, 1.54) is 10.6 Å². The quantitative estimate of drug-likeness (QED) is 0.791. The number of methoxy groups -OCH3 is 1. The molecule has 24 heavy (non-hydrogen) atoms. The molecule has 0 saturated heterocycles. The number of nitrogens with two attached hydrogens (primary N) is 1. The van der Waals surface area contributed by atoms with Crippen LogP contribution in [0.15, 0.2) is 70.3 Å². The number of hydrogen-bond acceptors (Lipinski definition) is 4. The van der Waals surface area contributed by atoms with Crippen LogP contribution in [0, 0.1) is 0 Å². The zero-order valence-electron chi connectivity index (χ0n) is 13.2. The average Bonchev–Trinajstić information content (AvgIpc) is 2.60. The minimum Gasteiger partial charge on any atom is -0.497 e. The molecule has 6 nitrogen and oxygen atoms in total. The van der Waals surface area contributed by atoms with Gasteiger partial charge in [0.25, 0.3) is 5.56 Å². The van der Waals surface area contributed by atoms with Gasteiger partial charge in [0.1, 0.15) is 11.6 Å². The second-order valence-electron chi connectivity index (χ2n) is 5.30. The Hall–Kier alpha value is -3.28. The molecule has 1 heterocycles. The van der Waals surface area contributed by atoms with Gasteiger partial charge in [-0.3, -0.25) is 9.36 Å². The standard InChI is InChI=1S/C18H17N3O3/c1-24-15-9-7-13(8-10-15)12-20-17(22)11-16(19)21(18(20)23)14-5-3-2-4-6-14/h2-11H,12,19H2,1H3. The lowest BCUT2D eigenvalue weighted by molar-refractivity contribution is 0.414. The molecule has 122 valence electrons. The first kappa shape index (κ1) is 15.6. The van der Waals surface area contributed by atoms with Gasteiger partial charge in [-0.25, -0.2) is 9.36 Å². The summed E-state index contributed by atoms with van der Waals surface area (Å²) in [6.07, 6.45) is 0. The van der Waals surface area contributed by atoms with E-state index in [-0.39, 0.29) is 12.4 Å². The van der Waals surface area contributed by atoms with Crippen molar-refractivity contribution in [2.45, 2.75) is 6.54 Å². The van der Waals surface area contributed by atoms with E-state index in [0.717, 1.165) is 10.1 Å². The molecule has 3 aromatic rings. The Kier molecular flexibility index (Phi) is 4.20. The Bertz CT molecular complexity index is 958. The Morgan fingerprint density at radius 2 is 1.67 bits per heavy atom. The van der Waals surface area contributed by atoms with E-state index >= 15 is 0 Å². The normalized spacial score (nSPS) is 10.5. The van der Waals surface area contributed by atoms with Crippen molar-refractivity contribution in [3.63, 3.8) is 0 Å². The highest BCUT2D eigenvalue weighted by Gasteiger charge is 2.11. The van der Waals surface area contributed by atoms with Gasteiger partial charge in [0, 0.05) is 6.07 Å². The third-order valence-corrected chi connectivity index (χ3v) is 3.73. The Morgan fingerprint density at radius 3 is 2.29 bits per heavy atom. The highest BCUT2D eigenvalue weighted by Crippen LogP contribution is 2.12. The van der Waals surface area contributed by atoms with Crippen molar-refractivity contribution >= 4 is 5.82 Å². The largest absolute Gasteiger partial charge is 0.497 e. The summed E-state index contributed by atoms with van der Waals surface area (Å²) in [4.78, 5) is 25.0. The fourth-order valence-electron chi connectivity index (χ4n) is 2.49. The molecular weight excluding hydrogens is 306 g/mol. The molecule has 0 spiro atoms. The van der Waals surface area contributed by atoms with Crippen molar-refractivity contribution in [1.82, 2.24) is 9.13 Å². The topological polar surface area (TPSA) is 79.2 Å². The summed E-state index contributed by atoms with van der Waals surface area (Å²) in [5.41, 5.74) is 6.42. The molecule has 0 fully saturated rings. The molecule has 2 aromatic carbocycles. The Balaban J connectivity index is 2.08. The lowest BCUT2D eigenvalue weighted by Gasteiger charge is -2.13. The van der Waals surface area contributed by atoms with Crippen LogP contribution in [0.4, 0.5) is 5.82 Å². The van der Waals surface area contributed by atoms with Gasteiger partial charge in [-0.2, -0.15) is 0 Å². The minimum atomic E-state index is -0.470. The number of anilines is 1. The summed E-state index contributed by atoms with van der Waals surface area (Å²) >= 11 is 0. The van der Waals surface area contributed by atoms with Crippen LogP contribution in [0.3, 0.4) is 0 Å². The molecule has 0 aliphatic rings. The molecule has 6 heteroatoms. The molecule has 0 atom stereocenters. The first-order valence-electron chi connectivity index (χ1n) is 7.41. The Morgan fingerprint density at radius 1 is 1.00 bits per heavy atom. The monoisotopic (exact) mass is 323 g/mol. The van der Waals surface area contributed by atoms with Crippen LogP contribution in [-0.4, -0.2) is 16.2 Å². The van der Waals surface area contributed by atoms with Crippen LogP contribution in [0.25, 0.3) is 5.69 Å². The summed E-state index contributed by atoms with van der Waals surface area (Å²) in [5.74, 6) is 0.826. The maximum atomic E-state index is 12.8. The first-order valence-corrected chi connectivity index (χ1v) is 7.41.